The number of anilines is 1. The van der Waals surface area contributed by atoms with Crippen LogP contribution in [0.4, 0.5) is 10.5 Å². The normalized spacial score (nSPS) is 12.4. The maximum absolute atomic E-state index is 11.7. The molecule has 0 aliphatic rings. The molecule has 0 spiro atoms. The molecule has 0 aliphatic carbocycles. The van der Waals surface area contributed by atoms with Crippen molar-refractivity contribution in [1.29, 1.82) is 0 Å². The molecule has 1 aromatic carbocycles. The molecule has 0 aromatic heterocycles. The Kier molecular flexibility index (Phi) is 6.37. The van der Waals surface area contributed by atoms with E-state index in [1.165, 1.54) is 7.11 Å². The first kappa shape index (κ1) is 18.0. The van der Waals surface area contributed by atoms with Gasteiger partial charge in [0.05, 0.1) is 13.5 Å². The highest BCUT2D eigenvalue weighted by Crippen LogP contribution is 2.20. The summed E-state index contributed by atoms with van der Waals surface area (Å²) in [6.07, 6.45) is -0.258. The molecule has 6 nitrogen and oxygen atoms in total. The Morgan fingerprint density at radius 3 is 2.23 bits per heavy atom. The lowest BCUT2D eigenvalue weighted by Gasteiger charge is -2.20. The van der Waals surface area contributed by atoms with Gasteiger partial charge in [-0.3, -0.25) is 10.1 Å². The van der Waals surface area contributed by atoms with Crippen molar-refractivity contribution >= 4 is 17.7 Å². The van der Waals surface area contributed by atoms with Crippen molar-refractivity contribution in [2.45, 2.75) is 38.8 Å². The lowest BCUT2D eigenvalue weighted by atomic mass is 10.0. The number of nitrogens with one attached hydrogen (secondary N) is 2. The number of esters is 1. The highest BCUT2D eigenvalue weighted by molar-refractivity contribution is 5.84. The van der Waals surface area contributed by atoms with Gasteiger partial charge in [0.2, 0.25) is 0 Å². The number of carbonyl (C=O) groups is 2. The fourth-order valence-corrected chi connectivity index (χ4v) is 1.86. The molecule has 1 atom stereocenters. The smallest absolute Gasteiger partial charge is 0.412 e. The standard InChI is InChI=1S/C16H24N2O4/c1-16(2,3)22-15(20)18-12-8-6-11(7-9-12)13(17-4)10-14(19)21-5/h6-9,13,17H,10H2,1-5H3,(H,18,20). The average molecular weight is 308 g/mol. The van der Waals surface area contributed by atoms with E-state index < -0.39 is 11.7 Å². The van der Waals surface area contributed by atoms with Crippen molar-refractivity contribution in [3.63, 3.8) is 0 Å². The van der Waals surface area contributed by atoms with Crippen molar-refractivity contribution in [2.75, 3.05) is 19.5 Å². The molecule has 0 saturated heterocycles. The molecule has 0 radical (unpaired) electrons. The maximum Gasteiger partial charge on any atom is 0.412 e. The first-order valence-electron chi connectivity index (χ1n) is 7.09. The summed E-state index contributed by atoms with van der Waals surface area (Å²) in [7, 11) is 3.14. The van der Waals surface area contributed by atoms with Crippen molar-refractivity contribution in [2.24, 2.45) is 0 Å². The number of benzene rings is 1. The van der Waals surface area contributed by atoms with Gasteiger partial charge in [0.1, 0.15) is 5.60 Å². The zero-order valence-corrected chi connectivity index (χ0v) is 13.7. The van der Waals surface area contributed by atoms with Gasteiger partial charge >= 0.3 is 12.1 Å². The van der Waals surface area contributed by atoms with Crippen LogP contribution in [0.1, 0.15) is 38.8 Å². The molecule has 0 saturated carbocycles. The fourth-order valence-electron chi connectivity index (χ4n) is 1.86. The first-order chi connectivity index (χ1) is 10.2. The SMILES string of the molecule is CNC(CC(=O)OC)c1ccc(NC(=O)OC(C)(C)C)cc1. The molecule has 1 aromatic rings. The van der Waals surface area contributed by atoms with Crippen molar-refractivity contribution in [3.8, 4) is 0 Å². The monoisotopic (exact) mass is 308 g/mol. The van der Waals surface area contributed by atoms with E-state index in [4.69, 9.17) is 4.74 Å². The van der Waals surface area contributed by atoms with Crippen LogP contribution in [0, 0.1) is 0 Å². The summed E-state index contributed by atoms with van der Waals surface area (Å²) in [5.74, 6) is -0.282. The fraction of sp³-hybridized carbons (Fsp3) is 0.500. The van der Waals surface area contributed by atoms with Crippen LogP contribution in [0.2, 0.25) is 0 Å². The quantitative estimate of drug-likeness (QED) is 0.818. The van der Waals surface area contributed by atoms with E-state index >= 15 is 0 Å². The van der Waals surface area contributed by atoms with E-state index in [9.17, 15) is 9.59 Å². The molecule has 1 unspecified atom stereocenters. The molecule has 0 heterocycles. The Labute approximate surface area is 131 Å². The van der Waals surface area contributed by atoms with Crippen LogP contribution in [0.5, 0.6) is 0 Å². The minimum Gasteiger partial charge on any atom is -0.469 e. The van der Waals surface area contributed by atoms with Crippen LogP contribution in [-0.4, -0.2) is 31.8 Å². The summed E-state index contributed by atoms with van der Waals surface area (Å²) in [6, 6.07) is 7.08. The third-order valence-corrected chi connectivity index (χ3v) is 2.91. The number of hydrogen-bond acceptors (Lipinski definition) is 5. The van der Waals surface area contributed by atoms with Gasteiger partial charge < -0.3 is 14.8 Å². The van der Waals surface area contributed by atoms with E-state index in [0.29, 0.717) is 5.69 Å². The molecule has 0 fully saturated rings. The Morgan fingerprint density at radius 1 is 1.18 bits per heavy atom. The zero-order chi connectivity index (χ0) is 16.8. The van der Waals surface area contributed by atoms with Crippen molar-refractivity contribution in [3.05, 3.63) is 29.8 Å². The van der Waals surface area contributed by atoms with Gasteiger partial charge in [-0.25, -0.2) is 4.79 Å². The van der Waals surface area contributed by atoms with Gasteiger partial charge in [0.25, 0.3) is 0 Å². The van der Waals surface area contributed by atoms with Gasteiger partial charge in [0, 0.05) is 11.7 Å². The summed E-state index contributed by atoms with van der Waals surface area (Å²) in [6.45, 7) is 5.42. The van der Waals surface area contributed by atoms with E-state index in [1.54, 1.807) is 40.0 Å². The van der Waals surface area contributed by atoms with Gasteiger partial charge in [-0.1, -0.05) is 12.1 Å². The number of ether oxygens (including phenoxy) is 2. The van der Waals surface area contributed by atoms with Crippen LogP contribution in [0.3, 0.4) is 0 Å². The second-order valence-electron chi connectivity index (χ2n) is 5.87. The van der Waals surface area contributed by atoms with Gasteiger partial charge in [-0.15, -0.1) is 0 Å². The third kappa shape index (κ3) is 6.13. The second kappa shape index (κ2) is 7.79. The van der Waals surface area contributed by atoms with Crippen LogP contribution in [0.25, 0.3) is 0 Å². The van der Waals surface area contributed by atoms with Crippen LogP contribution in [-0.2, 0) is 14.3 Å². The first-order valence-corrected chi connectivity index (χ1v) is 7.09. The summed E-state index contributed by atoms with van der Waals surface area (Å²) in [5, 5.41) is 5.72. The second-order valence-corrected chi connectivity index (χ2v) is 5.87. The molecule has 1 amide bonds. The number of rotatable bonds is 5. The zero-order valence-electron chi connectivity index (χ0n) is 13.7. The largest absolute Gasteiger partial charge is 0.469 e. The van der Waals surface area contributed by atoms with Crippen LogP contribution >= 0.6 is 0 Å². The molecule has 6 heteroatoms. The Balaban J connectivity index is 2.69. The predicted molar refractivity (Wildman–Crippen MR) is 84.7 cm³/mol. The number of carbonyl (C=O) groups excluding carboxylic acids is 2. The number of amides is 1. The van der Waals surface area contributed by atoms with Crippen LogP contribution < -0.4 is 10.6 Å². The third-order valence-electron chi connectivity index (χ3n) is 2.91. The molecule has 0 aliphatic heterocycles. The minimum atomic E-state index is -0.540. The summed E-state index contributed by atoms with van der Waals surface area (Å²) < 4.78 is 9.86. The van der Waals surface area contributed by atoms with Gasteiger partial charge in [-0.05, 0) is 45.5 Å². The molecular weight excluding hydrogens is 284 g/mol. The van der Waals surface area contributed by atoms with Crippen LogP contribution in [0.15, 0.2) is 24.3 Å². The lowest BCUT2D eigenvalue weighted by molar-refractivity contribution is -0.141. The minimum absolute atomic E-state index is 0.136. The van der Waals surface area contributed by atoms with E-state index in [-0.39, 0.29) is 18.4 Å². The van der Waals surface area contributed by atoms with Crippen molar-refractivity contribution < 1.29 is 19.1 Å². The highest BCUT2D eigenvalue weighted by atomic mass is 16.6. The highest BCUT2D eigenvalue weighted by Gasteiger charge is 2.17. The molecule has 2 N–H and O–H groups in total. The Hall–Kier alpha value is -2.08. The molecule has 22 heavy (non-hydrogen) atoms. The molecule has 0 bridgehead atoms. The summed E-state index contributed by atoms with van der Waals surface area (Å²) in [5.41, 5.74) is 1.02. The number of methoxy groups -OCH3 is 1. The van der Waals surface area contributed by atoms with E-state index in [0.717, 1.165) is 5.56 Å². The molecule has 122 valence electrons. The summed E-state index contributed by atoms with van der Waals surface area (Å²) in [4.78, 5) is 23.0. The topological polar surface area (TPSA) is 76.7 Å². The number of hydrogen-bond donors (Lipinski definition) is 2. The average Bonchev–Trinajstić information content (AvgIpc) is 2.43. The Morgan fingerprint density at radius 2 is 1.77 bits per heavy atom. The Bertz CT molecular complexity index is 506. The molecule has 1 rings (SSSR count). The summed E-state index contributed by atoms with van der Waals surface area (Å²) >= 11 is 0. The maximum atomic E-state index is 11.7. The van der Waals surface area contributed by atoms with E-state index in [1.807, 2.05) is 12.1 Å². The van der Waals surface area contributed by atoms with E-state index in [2.05, 4.69) is 15.4 Å². The predicted octanol–water partition coefficient (Wildman–Crippen LogP) is 2.86. The van der Waals surface area contributed by atoms with Gasteiger partial charge in [-0.2, -0.15) is 0 Å². The molecular formula is C16H24N2O4. The van der Waals surface area contributed by atoms with Gasteiger partial charge in [0.15, 0.2) is 0 Å². The lowest BCUT2D eigenvalue weighted by Crippen LogP contribution is -2.27. The van der Waals surface area contributed by atoms with Crippen molar-refractivity contribution in [1.82, 2.24) is 5.32 Å².